The van der Waals surface area contributed by atoms with Gasteiger partial charge in [-0.3, -0.25) is 0 Å². The molecule has 0 aliphatic heterocycles. The standard InChI is InChI=1S/C12H22N4OS/c1-11(2,9(13)16-17)5-6-15-12(3,4)10-14-7-8-18-10/h7-8,15,17H,5-6H2,1-4H3,(H2,13,16). The molecular weight excluding hydrogens is 248 g/mol. The van der Waals surface area contributed by atoms with Crippen molar-refractivity contribution in [2.45, 2.75) is 39.7 Å². The zero-order valence-electron chi connectivity index (χ0n) is 11.4. The first-order valence-corrected chi connectivity index (χ1v) is 6.80. The normalized spacial score (nSPS) is 13.9. The minimum absolute atomic E-state index is 0.157. The Bertz CT molecular complexity index is 398. The van der Waals surface area contributed by atoms with E-state index in [2.05, 4.69) is 29.3 Å². The molecule has 1 heterocycles. The second-order valence-corrected chi connectivity index (χ2v) is 6.40. The van der Waals surface area contributed by atoms with Gasteiger partial charge in [0.25, 0.3) is 0 Å². The number of aromatic nitrogens is 1. The van der Waals surface area contributed by atoms with E-state index in [-0.39, 0.29) is 16.8 Å². The van der Waals surface area contributed by atoms with E-state index in [1.807, 2.05) is 25.4 Å². The van der Waals surface area contributed by atoms with Crippen LogP contribution in [0.5, 0.6) is 0 Å². The van der Waals surface area contributed by atoms with Crippen molar-refractivity contribution in [3.05, 3.63) is 16.6 Å². The van der Waals surface area contributed by atoms with E-state index < -0.39 is 0 Å². The van der Waals surface area contributed by atoms with Crippen LogP contribution in [0.3, 0.4) is 0 Å². The molecule has 0 fully saturated rings. The van der Waals surface area contributed by atoms with Gasteiger partial charge >= 0.3 is 0 Å². The topological polar surface area (TPSA) is 83.5 Å². The van der Waals surface area contributed by atoms with Crippen LogP contribution in [-0.4, -0.2) is 22.6 Å². The molecule has 0 unspecified atom stereocenters. The van der Waals surface area contributed by atoms with Crippen LogP contribution in [-0.2, 0) is 5.54 Å². The first-order valence-electron chi connectivity index (χ1n) is 5.92. The molecule has 0 aliphatic carbocycles. The highest BCUT2D eigenvalue weighted by molar-refractivity contribution is 7.09. The largest absolute Gasteiger partial charge is 0.409 e. The Morgan fingerprint density at radius 3 is 2.67 bits per heavy atom. The van der Waals surface area contributed by atoms with Crippen LogP contribution in [0.15, 0.2) is 16.7 Å². The van der Waals surface area contributed by atoms with Gasteiger partial charge in [0.2, 0.25) is 0 Å². The summed E-state index contributed by atoms with van der Waals surface area (Å²) in [5.74, 6) is 0.261. The molecule has 0 saturated heterocycles. The molecule has 0 aliphatic rings. The molecule has 5 nitrogen and oxygen atoms in total. The number of nitrogens with zero attached hydrogens (tertiary/aromatic N) is 2. The van der Waals surface area contributed by atoms with Gasteiger partial charge in [-0.1, -0.05) is 19.0 Å². The van der Waals surface area contributed by atoms with Gasteiger partial charge in [-0.2, -0.15) is 0 Å². The quantitative estimate of drug-likeness (QED) is 0.320. The Hall–Kier alpha value is -1.14. The molecule has 0 amide bonds. The zero-order valence-corrected chi connectivity index (χ0v) is 12.2. The van der Waals surface area contributed by atoms with Crippen molar-refractivity contribution < 1.29 is 5.21 Å². The predicted molar refractivity (Wildman–Crippen MR) is 74.9 cm³/mol. The highest BCUT2D eigenvalue weighted by atomic mass is 32.1. The van der Waals surface area contributed by atoms with E-state index in [1.54, 1.807) is 11.3 Å². The SMILES string of the molecule is CC(C)(CCNC(C)(C)c1nccs1)/C(N)=N/O. The number of nitrogens with two attached hydrogens (primary N) is 1. The highest BCUT2D eigenvalue weighted by Crippen LogP contribution is 2.24. The predicted octanol–water partition coefficient (Wildman–Crippen LogP) is 2.13. The molecule has 0 radical (unpaired) electrons. The summed E-state index contributed by atoms with van der Waals surface area (Å²) < 4.78 is 0. The summed E-state index contributed by atoms with van der Waals surface area (Å²) in [5, 5.41) is 18.3. The smallest absolute Gasteiger partial charge is 0.144 e. The molecule has 18 heavy (non-hydrogen) atoms. The average molecular weight is 270 g/mol. The van der Waals surface area contributed by atoms with Crippen LogP contribution < -0.4 is 11.1 Å². The first kappa shape index (κ1) is 14.9. The fourth-order valence-electron chi connectivity index (χ4n) is 1.56. The van der Waals surface area contributed by atoms with Crippen LogP contribution in [0.2, 0.25) is 0 Å². The van der Waals surface area contributed by atoms with E-state index in [0.717, 1.165) is 18.0 Å². The van der Waals surface area contributed by atoms with Gasteiger partial charge in [0, 0.05) is 17.0 Å². The Morgan fingerprint density at radius 1 is 1.50 bits per heavy atom. The van der Waals surface area contributed by atoms with Crippen LogP contribution in [0.4, 0.5) is 0 Å². The summed E-state index contributed by atoms with van der Waals surface area (Å²) in [5.41, 5.74) is 5.18. The summed E-state index contributed by atoms with van der Waals surface area (Å²) >= 11 is 1.64. The second-order valence-electron chi connectivity index (χ2n) is 5.51. The van der Waals surface area contributed by atoms with E-state index in [0.29, 0.717) is 0 Å². The molecule has 0 saturated carbocycles. The van der Waals surface area contributed by atoms with Gasteiger partial charge in [-0.25, -0.2) is 4.98 Å². The fourth-order valence-corrected chi connectivity index (χ4v) is 2.30. The lowest BCUT2D eigenvalue weighted by Gasteiger charge is -2.28. The summed E-state index contributed by atoms with van der Waals surface area (Å²) in [6.07, 6.45) is 2.60. The summed E-state index contributed by atoms with van der Waals surface area (Å²) in [4.78, 5) is 4.32. The molecule has 0 aromatic carbocycles. The fraction of sp³-hybridized carbons (Fsp3) is 0.667. The minimum Gasteiger partial charge on any atom is -0.409 e. The number of hydrogen-bond acceptors (Lipinski definition) is 5. The van der Waals surface area contributed by atoms with Gasteiger partial charge in [0.1, 0.15) is 10.8 Å². The third kappa shape index (κ3) is 3.68. The number of amidine groups is 1. The lowest BCUT2D eigenvalue weighted by molar-refractivity contribution is 0.301. The average Bonchev–Trinajstić information content (AvgIpc) is 2.81. The Balaban J connectivity index is 2.52. The molecule has 1 aromatic heterocycles. The number of oxime groups is 1. The first-order chi connectivity index (χ1) is 8.29. The summed E-state index contributed by atoms with van der Waals surface area (Å²) in [6.45, 7) is 8.89. The lowest BCUT2D eigenvalue weighted by Crippen LogP contribution is -2.41. The van der Waals surface area contributed by atoms with E-state index >= 15 is 0 Å². The summed E-state index contributed by atoms with van der Waals surface area (Å²) in [7, 11) is 0. The maximum Gasteiger partial charge on any atom is 0.144 e. The zero-order chi connectivity index (χ0) is 13.8. The second kappa shape index (κ2) is 5.67. The monoisotopic (exact) mass is 270 g/mol. The van der Waals surface area contributed by atoms with Crippen molar-refractivity contribution in [1.82, 2.24) is 10.3 Å². The maximum absolute atomic E-state index is 8.71. The Kier molecular flexibility index (Phi) is 4.70. The molecule has 6 heteroatoms. The molecule has 0 spiro atoms. The van der Waals surface area contributed by atoms with Crippen molar-refractivity contribution in [2.24, 2.45) is 16.3 Å². The highest BCUT2D eigenvalue weighted by Gasteiger charge is 2.26. The maximum atomic E-state index is 8.71. The minimum atomic E-state index is -0.319. The van der Waals surface area contributed by atoms with E-state index in [1.165, 1.54) is 0 Å². The molecule has 102 valence electrons. The summed E-state index contributed by atoms with van der Waals surface area (Å²) in [6, 6.07) is 0. The molecule has 4 N–H and O–H groups in total. The van der Waals surface area contributed by atoms with Crippen molar-refractivity contribution in [3.8, 4) is 0 Å². The van der Waals surface area contributed by atoms with Gasteiger partial charge in [0.05, 0.1) is 5.54 Å². The number of nitrogens with one attached hydrogen (secondary N) is 1. The van der Waals surface area contributed by atoms with Gasteiger partial charge < -0.3 is 16.3 Å². The third-order valence-electron chi connectivity index (χ3n) is 3.09. The lowest BCUT2D eigenvalue weighted by atomic mass is 9.87. The van der Waals surface area contributed by atoms with Gasteiger partial charge in [-0.05, 0) is 26.8 Å². The molecule has 0 atom stereocenters. The molecule has 1 rings (SSSR count). The van der Waals surface area contributed by atoms with Crippen molar-refractivity contribution >= 4 is 17.2 Å². The van der Waals surface area contributed by atoms with E-state index in [9.17, 15) is 0 Å². The number of thiazole rings is 1. The number of hydrogen-bond donors (Lipinski definition) is 3. The van der Waals surface area contributed by atoms with Crippen molar-refractivity contribution in [1.29, 1.82) is 0 Å². The van der Waals surface area contributed by atoms with Crippen molar-refractivity contribution in [2.75, 3.05) is 6.54 Å². The van der Waals surface area contributed by atoms with Crippen LogP contribution in [0.25, 0.3) is 0 Å². The Labute approximate surface area is 112 Å². The van der Waals surface area contributed by atoms with E-state index in [4.69, 9.17) is 10.9 Å². The van der Waals surface area contributed by atoms with Gasteiger partial charge in [0.15, 0.2) is 0 Å². The van der Waals surface area contributed by atoms with Crippen LogP contribution >= 0.6 is 11.3 Å². The van der Waals surface area contributed by atoms with Gasteiger partial charge in [-0.15, -0.1) is 11.3 Å². The molecule has 1 aromatic rings. The molecular formula is C12H22N4OS. The third-order valence-corrected chi connectivity index (χ3v) is 4.18. The van der Waals surface area contributed by atoms with Crippen LogP contribution in [0, 0.1) is 5.41 Å². The van der Waals surface area contributed by atoms with Crippen molar-refractivity contribution in [3.63, 3.8) is 0 Å². The Morgan fingerprint density at radius 2 is 2.17 bits per heavy atom. The van der Waals surface area contributed by atoms with Crippen LogP contribution in [0.1, 0.15) is 39.1 Å². The number of rotatable bonds is 6. The molecule has 0 bridgehead atoms.